The first-order valence-electron chi connectivity index (χ1n) is 6.17. The Bertz CT molecular complexity index is 819. The van der Waals surface area contributed by atoms with Crippen LogP contribution in [-0.2, 0) is 9.84 Å². The van der Waals surface area contributed by atoms with Gasteiger partial charge >= 0.3 is 0 Å². The fraction of sp³-hybridized carbons (Fsp3) is 0.200. The van der Waals surface area contributed by atoms with Gasteiger partial charge in [-0.15, -0.1) is 0 Å². The van der Waals surface area contributed by atoms with E-state index in [4.69, 9.17) is 10.00 Å². The third kappa shape index (κ3) is 3.38. The van der Waals surface area contributed by atoms with Crippen LogP contribution >= 0.6 is 0 Å². The predicted molar refractivity (Wildman–Crippen MR) is 78.1 cm³/mol. The Morgan fingerprint density at radius 2 is 1.81 bits per heavy atom. The maximum Gasteiger partial charge on any atom is 0.237 e. The van der Waals surface area contributed by atoms with Crippen molar-refractivity contribution in [1.82, 2.24) is 4.98 Å². The van der Waals surface area contributed by atoms with Crippen molar-refractivity contribution >= 4 is 9.84 Å². The quantitative estimate of drug-likeness (QED) is 0.871. The van der Waals surface area contributed by atoms with Gasteiger partial charge in [0, 0.05) is 11.9 Å². The number of sulfone groups is 1. The zero-order valence-electron chi connectivity index (χ0n) is 11.9. The molecule has 0 fully saturated rings. The minimum atomic E-state index is -3.24. The van der Waals surface area contributed by atoms with Crippen LogP contribution in [0.3, 0.4) is 0 Å². The number of nitrogens with zero attached hydrogens (tertiary/aromatic N) is 2. The van der Waals surface area contributed by atoms with Crippen LogP contribution in [0.4, 0.5) is 0 Å². The third-order valence-electron chi connectivity index (χ3n) is 2.89. The summed E-state index contributed by atoms with van der Waals surface area (Å²) in [6.45, 7) is 3.63. The van der Waals surface area contributed by atoms with Gasteiger partial charge in [-0.3, -0.25) is 0 Å². The summed E-state index contributed by atoms with van der Waals surface area (Å²) >= 11 is 0. The Hall–Kier alpha value is -2.39. The average Bonchev–Trinajstić information content (AvgIpc) is 2.38. The molecule has 0 N–H and O–H groups in total. The van der Waals surface area contributed by atoms with Gasteiger partial charge in [0.2, 0.25) is 5.88 Å². The smallest absolute Gasteiger partial charge is 0.237 e. The molecular formula is C15H14N2O3S. The molecule has 2 rings (SSSR count). The molecule has 0 saturated carbocycles. The zero-order valence-corrected chi connectivity index (χ0v) is 12.7. The fourth-order valence-electron chi connectivity index (χ4n) is 1.88. The number of aryl methyl sites for hydroxylation is 2. The molecule has 5 nitrogen and oxygen atoms in total. The van der Waals surface area contributed by atoms with Crippen molar-refractivity contribution in [2.75, 3.05) is 6.26 Å². The molecule has 0 saturated heterocycles. The molecule has 0 spiro atoms. The number of ether oxygens (including phenoxy) is 1. The second kappa shape index (κ2) is 5.54. The molecular weight excluding hydrogens is 288 g/mol. The Morgan fingerprint density at radius 1 is 1.19 bits per heavy atom. The van der Waals surface area contributed by atoms with E-state index >= 15 is 0 Å². The molecule has 0 amide bonds. The van der Waals surface area contributed by atoms with Crippen molar-refractivity contribution in [3.8, 4) is 17.7 Å². The second-order valence-electron chi connectivity index (χ2n) is 4.72. The molecule has 0 aliphatic carbocycles. The third-order valence-corrected chi connectivity index (χ3v) is 4.02. The second-order valence-corrected chi connectivity index (χ2v) is 6.73. The van der Waals surface area contributed by atoms with E-state index in [0.29, 0.717) is 11.3 Å². The van der Waals surface area contributed by atoms with Crippen LogP contribution < -0.4 is 4.74 Å². The Kier molecular flexibility index (Phi) is 3.96. The van der Waals surface area contributed by atoms with Gasteiger partial charge in [0.15, 0.2) is 9.84 Å². The lowest BCUT2D eigenvalue weighted by atomic mass is 10.1. The number of hydrogen-bond acceptors (Lipinski definition) is 5. The first-order valence-corrected chi connectivity index (χ1v) is 8.06. The maximum atomic E-state index is 11.4. The molecule has 21 heavy (non-hydrogen) atoms. The van der Waals surface area contributed by atoms with Gasteiger partial charge in [0.25, 0.3) is 0 Å². The van der Waals surface area contributed by atoms with Crippen LogP contribution in [0.5, 0.6) is 11.6 Å². The summed E-state index contributed by atoms with van der Waals surface area (Å²) in [5.74, 6) is 0.651. The van der Waals surface area contributed by atoms with Gasteiger partial charge in [-0.2, -0.15) is 5.26 Å². The van der Waals surface area contributed by atoms with Gasteiger partial charge in [-0.05, 0) is 49.7 Å². The fourth-order valence-corrected chi connectivity index (χ4v) is 2.51. The summed E-state index contributed by atoms with van der Waals surface area (Å²) in [5.41, 5.74) is 1.90. The monoisotopic (exact) mass is 302 g/mol. The highest BCUT2D eigenvalue weighted by Crippen LogP contribution is 2.26. The molecule has 1 aromatic heterocycles. The number of hydrogen-bond donors (Lipinski definition) is 0. The van der Waals surface area contributed by atoms with Crippen molar-refractivity contribution in [2.24, 2.45) is 0 Å². The van der Waals surface area contributed by atoms with Crippen LogP contribution in [0.1, 0.15) is 16.8 Å². The van der Waals surface area contributed by atoms with Gasteiger partial charge in [0.05, 0.1) is 4.90 Å². The van der Waals surface area contributed by atoms with Gasteiger partial charge in [-0.25, -0.2) is 13.4 Å². The first-order chi connectivity index (χ1) is 9.81. The largest absolute Gasteiger partial charge is 0.438 e. The van der Waals surface area contributed by atoms with E-state index in [1.807, 2.05) is 13.8 Å². The number of benzene rings is 1. The number of aromatic nitrogens is 1. The molecule has 1 aromatic carbocycles. The molecule has 2 aromatic rings. The van der Waals surface area contributed by atoms with Gasteiger partial charge < -0.3 is 4.74 Å². The van der Waals surface area contributed by atoms with Crippen LogP contribution in [0, 0.1) is 25.2 Å². The van der Waals surface area contributed by atoms with Crippen LogP contribution in [0.2, 0.25) is 0 Å². The topological polar surface area (TPSA) is 80.0 Å². The van der Waals surface area contributed by atoms with Crippen molar-refractivity contribution in [3.63, 3.8) is 0 Å². The summed E-state index contributed by atoms with van der Waals surface area (Å²) in [5, 5.41) is 9.17. The van der Waals surface area contributed by atoms with E-state index in [9.17, 15) is 8.42 Å². The highest BCUT2D eigenvalue weighted by atomic mass is 32.2. The first kappa shape index (κ1) is 15.0. The lowest BCUT2D eigenvalue weighted by Gasteiger charge is -2.09. The Labute approximate surface area is 123 Å². The van der Waals surface area contributed by atoms with Crippen molar-refractivity contribution < 1.29 is 13.2 Å². The average molecular weight is 302 g/mol. The number of pyridine rings is 1. The number of nitriles is 1. The standard InChI is InChI=1S/C15H14N2O3S/c1-10-8-11(2)17-15(14(10)9-16)20-12-4-6-13(7-5-12)21(3,18)19/h4-8H,1-3H3. The minimum absolute atomic E-state index is 0.212. The molecule has 0 atom stereocenters. The van der Waals surface area contributed by atoms with E-state index in [1.54, 1.807) is 6.07 Å². The Balaban J connectivity index is 2.37. The maximum absolute atomic E-state index is 11.4. The summed E-state index contributed by atoms with van der Waals surface area (Å²) in [6.07, 6.45) is 1.14. The predicted octanol–water partition coefficient (Wildman–Crippen LogP) is 2.77. The molecule has 6 heteroatoms. The zero-order chi connectivity index (χ0) is 15.6. The molecule has 0 aliphatic rings. The van der Waals surface area contributed by atoms with Crippen molar-refractivity contribution in [1.29, 1.82) is 5.26 Å². The molecule has 1 heterocycles. The van der Waals surface area contributed by atoms with E-state index in [2.05, 4.69) is 11.1 Å². The lowest BCUT2D eigenvalue weighted by Crippen LogP contribution is -1.98. The van der Waals surface area contributed by atoms with E-state index < -0.39 is 9.84 Å². The summed E-state index contributed by atoms with van der Waals surface area (Å²) < 4.78 is 28.4. The molecule has 0 aliphatic heterocycles. The normalized spacial score (nSPS) is 11.0. The highest BCUT2D eigenvalue weighted by molar-refractivity contribution is 7.90. The van der Waals surface area contributed by atoms with Gasteiger partial charge in [0.1, 0.15) is 17.4 Å². The SMILES string of the molecule is Cc1cc(C)c(C#N)c(Oc2ccc(S(C)(=O)=O)cc2)n1. The van der Waals surface area contributed by atoms with Crippen molar-refractivity contribution in [2.45, 2.75) is 18.7 Å². The van der Waals surface area contributed by atoms with Crippen LogP contribution in [-0.4, -0.2) is 19.7 Å². The van der Waals surface area contributed by atoms with Crippen molar-refractivity contribution in [3.05, 3.63) is 47.2 Å². The highest BCUT2D eigenvalue weighted by Gasteiger charge is 2.12. The summed E-state index contributed by atoms with van der Waals surface area (Å²) in [4.78, 5) is 4.42. The molecule has 0 unspecified atom stereocenters. The Morgan fingerprint density at radius 3 is 2.33 bits per heavy atom. The summed E-state index contributed by atoms with van der Waals surface area (Å²) in [6, 6.07) is 9.86. The van der Waals surface area contributed by atoms with E-state index in [1.165, 1.54) is 24.3 Å². The molecule has 108 valence electrons. The van der Waals surface area contributed by atoms with E-state index in [0.717, 1.165) is 17.5 Å². The minimum Gasteiger partial charge on any atom is -0.438 e. The van der Waals surface area contributed by atoms with Gasteiger partial charge in [-0.1, -0.05) is 0 Å². The molecule has 0 radical (unpaired) electrons. The van der Waals surface area contributed by atoms with E-state index in [-0.39, 0.29) is 10.8 Å². The molecule has 0 bridgehead atoms. The van der Waals surface area contributed by atoms with Crippen LogP contribution in [0.15, 0.2) is 35.2 Å². The lowest BCUT2D eigenvalue weighted by molar-refractivity contribution is 0.459. The summed E-state index contributed by atoms with van der Waals surface area (Å²) in [7, 11) is -3.24. The van der Waals surface area contributed by atoms with Crippen LogP contribution in [0.25, 0.3) is 0 Å². The number of rotatable bonds is 3.